The van der Waals surface area contributed by atoms with Crippen molar-refractivity contribution < 1.29 is 9.52 Å². The lowest BCUT2D eigenvalue weighted by atomic mass is 10.2. The summed E-state index contributed by atoms with van der Waals surface area (Å²) < 4.78 is 6.52. The van der Waals surface area contributed by atoms with Gasteiger partial charge >= 0.3 is 0 Å². The third kappa shape index (κ3) is 3.95. The van der Waals surface area contributed by atoms with Gasteiger partial charge in [-0.3, -0.25) is 4.99 Å². The summed E-state index contributed by atoms with van der Waals surface area (Å²) in [5.74, 6) is 0.666. The van der Waals surface area contributed by atoms with Crippen molar-refractivity contribution in [3.63, 3.8) is 0 Å². The number of nitrogens with zero attached hydrogens (tertiary/aromatic N) is 2. The van der Waals surface area contributed by atoms with E-state index in [0.717, 1.165) is 11.1 Å². The monoisotopic (exact) mass is 508 g/mol. The van der Waals surface area contributed by atoms with Gasteiger partial charge in [-0.05, 0) is 71.1 Å². The first-order valence-corrected chi connectivity index (χ1v) is 9.72. The summed E-state index contributed by atoms with van der Waals surface area (Å²) in [6.45, 7) is 0. The lowest BCUT2D eigenvalue weighted by Crippen LogP contribution is -1.86. The van der Waals surface area contributed by atoms with Gasteiger partial charge in [-0.2, -0.15) is 0 Å². The predicted octanol–water partition coefficient (Wildman–Crippen LogP) is 6.86. The summed E-state index contributed by atoms with van der Waals surface area (Å²) in [5, 5.41) is 11.3. The number of fused-ring (bicyclic) bond motifs is 1. The van der Waals surface area contributed by atoms with Crippen LogP contribution in [0.4, 0.5) is 5.69 Å². The quantitative estimate of drug-likeness (QED) is 0.243. The Morgan fingerprint density at radius 3 is 2.56 bits per heavy atom. The highest BCUT2D eigenvalue weighted by Gasteiger charge is 2.09. The maximum Gasteiger partial charge on any atom is 0.227 e. The van der Waals surface area contributed by atoms with E-state index in [1.165, 1.54) is 0 Å². The van der Waals surface area contributed by atoms with Crippen molar-refractivity contribution >= 4 is 68.8 Å². The molecule has 0 atom stereocenters. The molecule has 1 heterocycles. The fourth-order valence-electron chi connectivity index (χ4n) is 2.54. The van der Waals surface area contributed by atoms with Crippen LogP contribution in [0.2, 0.25) is 10.0 Å². The van der Waals surface area contributed by atoms with Gasteiger partial charge in [0.2, 0.25) is 5.89 Å². The summed E-state index contributed by atoms with van der Waals surface area (Å²) in [6, 6.07) is 16.1. The van der Waals surface area contributed by atoms with E-state index in [-0.39, 0.29) is 5.75 Å². The summed E-state index contributed by atoms with van der Waals surface area (Å²) in [6.07, 6.45) is 1.57. The average molecular weight is 509 g/mol. The van der Waals surface area contributed by atoms with Crippen molar-refractivity contribution in [1.29, 1.82) is 0 Å². The SMILES string of the molecule is Oc1c(I)cc(Cl)cc1C=Nc1ccc2nc(-c3ccc(Cl)cc3)oc2c1. The van der Waals surface area contributed by atoms with Crippen molar-refractivity contribution in [3.05, 3.63) is 73.8 Å². The Morgan fingerprint density at radius 2 is 1.78 bits per heavy atom. The van der Waals surface area contributed by atoms with Crippen LogP contribution in [0.15, 0.2) is 64.0 Å². The molecule has 4 rings (SSSR count). The molecule has 0 radical (unpaired) electrons. The number of hydrogen-bond acceptors (Lipinski definition) is 4. The molecule has 0 aliphatic carbocycles. The van der Waals surface area contributed by atoms with E-state index in [2.05, 4.69) is 9.98 Å². The van der Waals surface area contributed by atoms with Crippen LogP contribution >= 0.6 is 45.8 Å². The highest BCUT2D eigenvalue weighted by molar-refractivity contribution is 14.1. The molecule has 134 valence electrons. The number of aromatic hydroxyl groups is 1. The standard InChI is InChI=1S/C20H11Cl2IN2O2/c21-13-3-1-11(2-4-13)20-25-17-6-5-15(9-18(17)27-20)24-10-12-7-14(22)8-16(23)19(12)26/h1-10,26H. The molecule has 3 aromatic carbocycles. The molecule has 0 saturated carbocycles. The Labute approximate surface area is 178 Å². The van der Waals surface area contributed by atoms with Gasteiger partial charge in [-0.15, -0.1) is 0 Å². The minimum Gasteiger partial charge on any atom is -0.506 e. The second-order valence-electron chi connectivity index (χ2n) is 5.76. The van der Waals surface area contributed by atoms with Crippen LogP contribution in [0, 0.1) is 3.57 Å². The zero-order valence-corrected chi connectivity index (χ0v) is 17.3. The third-order valence-electron chi connectivity index (χ3n) is 3.87. The lowest BCUT2D eigenvalue weighted by molar-refractivity contribution is 0.470. The largest absolute Gasteiger partial charge is 0.506 e. The predicted molar refractivity (Wildman–Crippen MR) is 118 cm³/mol. The van der Waals surface area contributed by atoms with E-state index in [1.807, 2.05) is 46.9 Å². The summed E-state index contributed by atoms with van der Waals surface area (Å²) >= 11 is 14.0. The fraction of sp³-hybridized carbons (Fsp3) is 0. The molecule has 27 heavy (non-hydrogen) atoms. The number of halogens is 3. The topological polar surface area (TPSA) is 58.6 Å². The number of aromatic nitrogens is 1. The van der Waals surface area contributed by atoms with Crippen molar-refractivity contribution in [3.8, 4) is 17.2 Å². The van der Waals surface area contributed by atoms with E-state index in [4.69, 9.17) is 27.6 Å². The van der Waals surface area contributed by atoms with Crippen LogP contribution in [-0.2, 0) is 0 Å². The first-order chi connectivity index (χ1) is 13.0. The first kappa shape index (κ1) is 18.3. The molecule has 0 fully saturated rings. The number of rotatable bonds is 3. The molecular formula is C20H11Cl2IN2O2. The first-order valence-electron chi connectivity index (χ1n) is 7.88. The van der Waals surface area contributed by atoms with Crippen LogP contribution in [0.3, 0.4) is 0 Å². The Hall–Kier alpha value is -2.09. The maximum atomic E-state index is 10.1. The van der Waals surface area contributed by atoms with Crippen molar-refractivity contribution in [1.82, 2.24) is 4.98 Å². The van der Waals surface area contributed by atoms with Crippen LogP contribution in [0.25, 0.3) is 22.6 Å². The average Bonchev–Trinajstić information content (AvgIpc) is 3.07. The molecule has 0 amide bonds. The van der Waals surface area contributed by atoms with Crippen molar-refractivity contribution in [2.75, 3.05) is 0 Å². The fourth-order valence-corrected chi connectivity index (χ4v) is 3.72. The normalized spacial score (nSPS) is 11.5. The molecule has 1 N–H and O–H groups in total. The molecule has 4 nitrogen and oxygen atoms in total. The van der Waals surface area contributed by atoms with Crippen LogP contribution < -0.4 is 0 Å². The molecule has 0 spiro atoms. The molecule has 4 aromatic rings. The Kier molecular flexibility index (Phi) is 5.08. The maximum absolute atomic E-state index is 10.1. The molecule has 1 aromatic heterocycles. The molecule has 0 aliphatic heterocycles. The Bertz CT molecular complexity index is 1170. The van der Waals surface area contributed by atoms with E-state index in [0.29, 0.717) is 36.3 Å². The van der Waals surface area contributed by atoms with Gasteiger partial charge in [-0.25, -0.2) is 4.98 Å². The molecule has 0 unspecified atom stereocenters. The number of aliphatic imine (C=N–C) groups is 1. The minimum absolute atomic E-state index is 0.148. The highest BCUT2D eigenvalue weighted by atomic mass is 127. The number of phenols is 1. The van der Waals surface area contributed by atoms with E-state index in [9.17, 15) is 5.11 Å². The van der Waals surface area contributed by atoms with Crippen LogP contribution in [0.1, 0.15) is 5.56 Å². The highest BCUT2D eigenvalue weighted by Crippen LogP contribution is 2.30. The van der Waals surface area contributed by atoms with E-state index >= 15 is 0 Å². The second kappa shape index (κ2) is 7.50. The number of hydrogen-bond donors (Lipinski definition) is 1. The van der Waals surface area contributed by atoms with Gasteiger partial charge in [0.25, 0.3) is 0 Å². The van der Waals surface area contributed by atoms with Gasteiger partial charge in [0.15, 0.2) is 5.58 Å². The lowest BCUT2D eigenvalue weighted by Gasteiger charge is -2.02. The smallest absolute Gasteiger partial charge is 0.227 e. The zero-order valence-electron chi connectivity index (χ0n) is 13.7. The van der Waals surface area contributed by atoms with Gasteiger partial charge in [0.1, 0.15) is 11.3 Å². The molecule has 0 aliphatic rings. The van der Waals surface area contributed by atoms with Crippen LogP contribution in [0.5, 0.6) is 5.75 Å². The minimum atomic E-state index is 0.148. The molecular weight excluding hydrogens is 498 g/mol. The molecule has 0 bridgehead atoms. The summed E-state index contributed by atoms with van der Waals surface area (Å²) in [5.41, 5.74) is 3.43. The molecule has 0 saturated heterocycles. The number of benzene rings is 3. The Balaban J connectivity index is 1.67. The number of phenolic OH excluding ortho intramolecular Hbond substituents is 1. The van der Waals surface area contributed by atoms with E-state index in [1.54, 1.807) is 36.5 Å². The molecule has 7 heteroatoms. The van der Waals surface area contributed by atoms with Crippen molar-refractivity contribution in [2.24, 2.45) is 4.99 Å². The second-order valence-corrected chi connectivity index (χ2v) is 7.80. The zero-order chi connectivity index (χ0) is 19.0. The summed E-state index contributed by atoms with van der Waals surface area (Å²) in [7, 11) is 0. The van der Waals surface area contributed by atoms with Gasteiger partial charge in [0, 0.05) is 33.5 Å². The third-order valence-corrected chi connectivity index (χ3v) is 5.17. The van der Waals surface area contributed by atoms with Gasteiger partial charge in [0.05, 0.1) is 9.26 Å². The van der Waals surface area contributed by atoms with Crippen molar-refractivity contribution in [2.45, 2.75) is 0 Å². The summed E-state index contributed by atoms with van der Waals surface area (Å²) in [4.78, 5) is 8.90. The van der Waals surface area contributed by atoms with Gasteiger partial charge in [-0.1, -0.05) is 23.2 Å². The van der Waals surface area contributed by atoms with Crippen LogP contribution in [-0.4, -0.2) is 16.3 Å². The Morgan fingerprint density at radius 1 is 1.00 bits per heavy atom. The van der Waals surface area contributed by atoms with Gasteiger partial charge < -0.3 is 9.52 Å². The van der Waals surface area contributed by atoms with E-state index < -0.39 is 0 Å². The number of oxazole rings is 1.